The lowest BCUT2D eigenvalue weighted by atomic mass is 10.1. The molecule has 7 nitrogen and oxygen atoms in total. The van der Waals surface area contributed by atoms with Crippen LogP contribution in [0.2, 0.25) is 5.02 Å². The van der Waals surface area contributed by atoms with Crippen molar-refractivity contribution in [3.8, 4) is 0 Å². The summed E-state index contributed by atoms with van der Waals surface area (Å²) in [6.07, 6.45) is -3.15. The molecule has 0 saturated heterocycles. The molecule has 12 heteroatoms. The SMILES string of the molecule is CCCNC(=O)[C@H](C)N(Cc1ccccc1Cl)C(=O)CCCN(c1cccc(C(F)(F)F)c1)S(C)(=O)=O. The number of halogens is 4. The number of benzene rings is 2. The van der Waals surface area contributed by atoms with Crippen molar-refractivity contribution in [2.45, 2.75) is 51.9 Å². The molecule has 0 aliphatic carbocycles. The minimum absolute atomic E-state index is 0.0183. The van der Waals surface area contributed by atoms with Crippen LogP contribution in [0, 0.1) is 0 Å². The summed E-state index contributed by atoms with van der Waals surface area (Å²) >= 11 is 6.26. The third kappa shape index (κ3) is 8.92. The third-order valence-corrected chi connectivity index (χ3v) is 7.19. The summed E-state index contributed by atoms with van der Waals surface area (Å²) in [5, 5.41) is 3.18. The number of alkyl halides is 3. The molecule has 0 unspecified atom stereocenters. The van der Waals surface area contributed by atoms with Gasteiger partial charge in [0.2, 0.25) is 21.8 Å². The molecule has 0 spiro atoms. The molecule has 2 aromatic rings. The van der Waals surface area contributed by atoms with Gasteiger partial charge in [-0.05, 0) is 49.6 Å². The number of rotatable bonds is 12. The van der Waals surface area contributed by atoms with Crippen LogP contribution in [-0.2, 0) is 32.3 Å². The predicted octanol–water partition coefficient (Wildman–Crippen LogP) is 4.85. The molecule has 0 bridgehead atoms. The molecule has 0 heterocycles. The van der Waals surface area contributed by atoms with E-state index in [1.54, 1.807) is 31.2 Å². The average molecular weight is 562 g/mol. The zero-order valence-electron chi connectivity index (χ0n) is 20.9. The number of carbonyl (C=O) groups is 2. The second-order valence-electron chi connectivity index (χ2n) is 8.57. The molecular weight excluding hydrogens is 531 g/mol. The molecule has 204 valence electrons. The van der Waals surface area contributed by atoms with Crippen molar-refractivity contribution < 1.29 is 31.2 Å². The summed E-state index contributed by atoms with van der Waals surface area (Å²) in [6, 6.07) is 10.1. The van der Waals surface area contributed by atoms with E-state index in [2.05, 4.69) is 5.32 Å². The maximum atomic E-state index is 13.2. The number of nitrogens with one attached hydrogen (secondary N) is 1. The standard InChI is InChI=1S/C25H31ClF3N3O4S/c1-4-14-30-24(34)18(2)31(17-19-9-5-6-12-22(19)26)23(33)13-8-15-32(37(3,35)36)21-11-7-10-20(16-21)25(27,28)29/h5-7,9-12,16,18H,4,8,13-15,17H2,1-3H3,(H,30,34)/t18-/m0/s1. The number of hydrogen-bond acceptors (Lipinski definition) is 4. The fourth-order valence-corrected chi connectivity index (χ4v) is 4.78. The monoisotopic (exact) mass is 561 g/mol. The first-order chi connectivity index (χ1) is 17.3. The summed E-state index contributed by atoms with van der Waals surface area (Å²) in [5.41, 5.74) is -0.494. The van der Waals surface area contributed by atoms with Gasteiger partial charge in [0.1, 0.15) is 6.04 Å². The highest BCUT2D eigenvalue weighted by Crippen LogP contribution is 2.32. The molecule has 0 aliphatic rings. The molecule has 0 saturated carbocycles. The van der Waals surface area contributed by atoms with Gasteiger partial charge in [0.25, 0.3) is 0 Å². The highest BCUT2D eigenvalue weighted by atomic mass is 35.5. The second kappa shape index (κ2) is 13.1. The van der Waals surface area contributed by atoms with Gasteiger partial charge in [0, 0.05) is 31.1 Å². The van der Waals surface area contributed by atoms with Crippen LogP contribution in [0.25, 0.3) is 0 Å². The van der Waals surface area contributed by atoms with Gasteiger partial charge in [0.15, 0.2) is 0 Å². The zero-order chi connectivity index (χ0) is 27.8. The summed E-state index contributed by atoms with van der Waals surface area (Å²) in [4.78, 5) is 27.2. The summed E-state index contributed by atoms with van der Waals surface area (Å²) in [7, 11) is -3.93. The quantitative estimate of drug-likeness (QED) is 0.401. The molecule has 0 fully saturated rings. The highest BCUT2D eigenvalue weighted by molar-refractivity contribution is 7.92. The number of amides is 2. The summed E-state index contributed by atoms with van der Waals surface area (Å²) < 4.78 is 65.0. The Labute approximate surface area is 220 Å². The fourth-order valence-electron chi connectivity index (χ4n) is 3.63. The number of anilines is 1. The van der Waals surface area contributed by atoms with E-state index in [-0.39, 0.29) is 37.5 Å². The lowest BCUT2D eigenvalue weighted by Gasteiger charge is -2.29. The topological polar surface area (TPSA) is 86.8 Å². The summed E-state index contributed by atoms with van der Waals surface area (Å²) in [5.74, 6) is -0.763. The van der Waals surface area contributed by atoms with Crippen LogP contribution in [-0.4, -0.2) is 50.5 Å². The van der Waals surface area contributed by atoms with Crippen molar-refractivity contribution in [1.82, 2.24) is 10.2 Å². The van der Waals surface area contributed by atoms with Crippen molar-refractivity contribution in [3.63, 3.8) is 0 Å². The molecule has 0 aromatic heterocycles. The lowest BCUT2D eigenvalue weighted by Crippen LogP contribution is -2.48. The minimum Gasteiger partial charge on any atom is -0.354 e. The fraction of sp³-hybridized carbons (Fsp3) is 0.440. The molecule has 37 heavy (non-hydrogen) atoms. The van der Waals surface area contributed by atoms with Crippen molar-refractivity contribution in [1.29, 1.82) is 0 Å². The smallest absolute Gasteiger partial charge is 0.354 e. The van der Waals surface area contributed by atoms with Gasteiger partial charge >= 0.3 is 6.18 Å². The van der Waals surface area contributed by atoms with E-state index in [0.717, 1.165) is 28.8 Å². The first-order valence-electron chi connectivity index (χ1n) is 11.7. The number of nitrogens with zero attached hydrogens (tertiary/aromatic N) is 2. The van der Waals surface area contributed by atoms with Gasteiger partial charge in [-0.3, -0.25) is 13.9 Å². The van der Waals surface area contributed by atoms with Crippen molar-refractivity contribution in [3.05, 3.63) is 64.7 Å². The van der Waals surface area contributed by atoms with Gasteiger partial charge in [0.05, 0.1) is 17.5 Å². The van der Waals surface area contributed by atoms with Gasteiger partial charge in [-0.15, -0.1) is 0 Å². The van der Waals surface area contributed by atoms with Crippen LogP contribution >= 0.6 is 11.6 Å². The Kier molecular flexibility index (Phi) is 10.8. The Balaban J connectivity index is 2.21. The molecular formula is C25H31ClF3N3O4S. The Hall–Kier alpha value is -2.79. The van der Waals surface area contributed by atoms with Crippen LogP contribution in [0.1, 0.15) is 44.2 Å². The molecule has 2 amide bonds. The Morgan fingerprint density at radius 3 is 2.38 bits per heavy atom. The Morgan fingerprint density at radius 1 is 1.11 bits per heavy atom. The van der Waals surface area contributed by atoms with Crippen LogP contribution in [0.3, 0.4) is 0 Å². The lowest BCUT2D eigenvalue weighted by molar-refractivity contribution is -0.140. The second-order valence-corrected chi connectivity index (χ2v) is 10.9. The molecule has 0 aliphatic heterocycles. The van der Waals surface area contributed by atoms with Crippen molar-refractivity contribution in [2.75, 3.05) is 23.7 Å². The Morgan fingerprint density at radius 2 is 1.78 bits per heavy atom. The van der Waals surface area contributed by atoms with E-state index in [1.807, 2.05) is 6.92 Å². The van der Waals surface area contributed by atoms with Crippen molar-refractivity contribution >= 4 is 39.1 Å². The zero-order valence-corrected chi connectivity index (χ0v) is 22.5. The predicted molar refractivity (Wildman–Crippen MR) is 138 cm³/mol. The van der Waals surface area contributed by atoms with Gasteiger partial charge in [-0.25, -0.2) is 8.42 Å². The molecule has 1 N–H and O–H groups in total. The maximum absolute atomic E-state index is 13.2. The minimum atomic E-state index is -4.64. The Bertz CT molecular complexity index is 1190. The van der Waals surface area contributed by atoms with Gasteiger partial charge < -0.3 is 10.2 Å². The van der Waals surface area contributed by atoms with E-state index in [0.29, 0.717) is 23.6 Å². The molecule has 1 atom stereocenters. The van der Waals surface area contributed by atoms with E-state index >= 15 is 0 Å². The molecule has 0 radical (unpaired) electrons. The largest absolute Gasteiger partial charge is 0.416 e. The van der Waals surface area contributed by atoms with Crippen LogP contribution in [0.15, 0.2) is 48.5 Å². The number of carbonyl (C=O) groups excluding carboxylic acids is 2. The van der Waals surface area contributed by atoms with E-state index in [9.17, 15) is 31.2 Å². The first-order valence-corrected chi connectivity index (χ1v) is 13.9. The number of hydrogen-bond donors (Lipinski definition) is 1. The van der Waals surface area contributed by atoms with Crippen LogP contribution in [0.4, 0.5) is 18.9 Å². The van der Waals surface area contributed by atoms with Gasteiger partial charge in [-0.1, -0.05) is 42.8 Å². The summed E-state index contributed by atoms with van der Waals surface area (Å²) in [6.45, 7) is 3.77. The highest BCUT2D eigenvalue weighted by Gasteiger charge is 2.32. The maximum Gasteiger partial charge on any atom is 0.416 e. The normalized spacial score (nSPS) is 12.6. The first kappa shape index (κ1) is 30.4. The third-order valence-electron chi connectivity index (χ3n) is 5.63. The van der Waals surface area contributed by atoms with Crippen LogP contribution in [0.5, 0.6) is 0 Å². The van der Waals surface area contributed by atoms with E-state index < -0.39 is 33.7 Å². The molecule has 2 aromatic carbocycles. The van der Waals surface area contributed by atoms with Crippen LogP contribution < -0.4 is 9.62 Å². The molecule has 2 rings (SSSR count). The average Bonchev–Trinajstić information content (AvgIpc) is 2.82. The number of sulfonamides is 1. The van der Waals surface area contributed by atoms with E-state index in [4.69, 9.17) is 11.6 Å². The van der Waals surface area contributed by atoms with Crippen molar-refractivity contribution in [2.24, 2.45) is 0 Å². The van der Waals surface area contributed by atoms with E-state index in [1.165, 1.54) is 11.0 Å². The van der Waals surface area contributed by atoms with Gasteiger partial charge in [-0.2, -0.15) is 13.2 Å².